The number of piperidine rings is 3. The van der Waals surface area contributed by atoms with Gasteiger partial charge in [-0.2, -0.15) is 0 Å². The fraction of sp³-hybridized carbons (Fsp3) is 0.625. The van der Waals surface area contributed by atoms with Crippen LogP contribution >= 0.6 is 0 Å². The Labute approximate surface area is 179 Å². The maximum Gasteiger partial charge on any atom is 0.223 e. The molecule has 3 fully saturated rings. The highest BCUT2D eigenvalue weighted by Crippen LogP contribution is 2.42. The lowest BCUT2D eigenvalue weighted by molar-refractivity contribution is -0.156. The molecule has 0 spiro atoms. The van der Waals surface area contributed by atoms with Crippen molar-refractivity contribution in [1.29, 1.82) is 0 Å². The van der Waals surface area contributed by atoms with Gasteiger partial charge in [0.15, 0.2) is 0 Å². The van der Waals surface area contributed by atoms with E-state index in [0.29, 0.717) is 43.6 Å². The smallest absolute Gasteiger partial charge is 0.223 e. The third kappa shape index (κ3) is 4.52. The Balaban J connectivity index is 1.48. The first-order valence-electron chi connectivity index (χ1n) is 11.4. The van der Waals surface area contributed by atoms with Gasteiger partial charge in [0, 0.05) is 51.5 Å². The van der Waals surface area contributed by atoms with E-state index in [4.69, 9.17) is 0 Å². The summed E-state index contributed by atoms with van der Waals surface area (Å²) in [5.74, 6) is 1.16. The van der Waals surface area contributed by atoms with Crippen molar-refractivity contribution in [1.82, 2.24) is 15.1 Å². The molecule has 3 aliphatic rings. The van der Waals surface area contributed by atoms with Crippen LogP contribution in [-0.4, -0.2) is 59.2 Å². The summed E-state index contributed by atoms with van der Waals surface area (Å²) in [4.78, 5) is 41.1. The van der Waals surface area contributed by atoms with E-state index in [1.165, 1.54) is 12.5 Å². The number of amides is 3. The predicted molar refractivity (Wildman–Crippen MR) is 115 cm³/mol. The SMILES string of the molecule is CC(=O)NCCCC(=O)N1C[C@H]2C[C@@H](C1)[C@H](Cc1ccccc1)N1C(=O)CCC[C@@H]21. The van der Waals surface area contributed by atoms with Crippen molar-refractivity contribution >= 4 is 17.7 Å². The first kappa shape index (κ1) is 20.9. The quantitative estimate of drug-likeness (QED) is 0.731. The number of fused-ring (bicyclic) bond motifs is 4. The highest BCUT2D eigenvalue weighted by molar-refractivity contribution is 5.79. The molecular weight excluding hydrogens is 378 g/mol. The van der Waals surface area contributed by atoms with Crippen LogP contribution in [0.5, 0.6) is 0 Å². The van der Waals surface area contributed by atoms with Crippen molar-refractivity contribution in [3.8, 4) is 0 Å². The van der Waals surface area contributed by atoms with Crippen LogP contribution in [0.1, 0.15) is 51.0 Å². The Morgan fingerprint density at radius 2 is 1.90 bits per heavy atom. The van der Waals surface area contributed by atoms with Crippen LogP contribution in [0.3, 0.4) is 0 Å². The van der Waals surface area contributed by atoms with E-state index < -0.39 is 0 Å². The van der Waals surface area contributed by atoms with Crippen LogP contribution in [-0.2, 0) is 20.8 Å². The van der Waals surface area contributed by atoms with Crippen LogP contribution in [0, 0.1) is 11.8 Å². The summed E-state index contributed by atoms with van der Waals surface area (Å²) in [6, 6.07) is 10.9. The molecule has 1 aromatic rings. The number of benzene rings is 1. The zero-order chi connectivity index (χ0) is 21.1. The minimum Gasteiger partial charge on any atom is -0.356 e. The van der Waals surface area contributed by atoms with Gasteiger partial charge in [-0.1, -0.05) is 30.3 Å². The summed E-state index contributed by atoms with van der Waals surface area (Å²) in [5.41, 5.74) is 1.26. The van der Waals surface area contributed by atoms with Gasteiger partial charge >= 0.3 is 0 Å². The van der Waals surface area contributed by atoms with Gasteiger partial charge in [0.1, 0.15) is 0 Å². The van der Waals surface area contributed by atoms with Gasteiger partial charge in [0.05, 0.1) is 0 Å². The third-order valence-corrected chi connectivity index (χ3v) is 7.08. The van der Waals surface area contributed by atoms with E-state index in [1.54, 1.807) is 0 Å². The van der Waals surface area contributed by atoms with E-state index in [1.807, 2.05) is 11.0 Å². The molecule has 2 bridgehead atoms. The molecule has 1 N–H and O–H groups in total. The lowest BCUT2D eigenvalue weighted by atomic mass is 9.70. The molecule has 162 valence electrons. The normalized spacial score (nSPS) is 28.1. The lowest BCUT2D eigenvalue weighted by Crippen LogP contribution is -2.66. The van der Waals surface area contributed by atoms with Gasteiger partial charge in [-0.05, 0) is 49.5 Å². The molecule has 30 heavy (non-hydrogen) atoms. The molecule has 0 aliphatic carbocycles. The second-order valence-electron chi connectivity index (χ2n) is 9.16. The molecule has 4 atom stereocenters. The molecule has 6 nitrogen and oxygen atoms in total. The Kier molecular flexibility index (Phi) is 6.40. The zero-order valence-electron chi connectivity index (χ0n) is 17.9. The number of nitrogens with one attached hydrogen (secondary N) is 1. The number of hydrogen-bond donors (Lipinski definition) is 1. The maximum absolute atomic E-state index is 12.9. The van der Waals surface area contributed by atoms with E-state index >= 15 is 0 Å². The van der Waals surface area contributed by atoms with Crippen LogP contribution < -0.4 is 5.32 Å². The molecule has 0 radical (unpaired) electrons. The predicted octanol–water partition coefficient (Wildman–Crippen LogP) is 2.37. The Morgan fingerprint density at radius 1 is 1.13 bits per heavy atom. The molecule has 6 heteroatoms. The topological polar surface area (TPSA) is 69.7 Å². The van der Waals surface area contributed by atoms with Gasteiger partial charge in [-0.15, -0.1) is 0 Å². The number of carbonyl (C=O) groups is 3. The number of carbonyl (C=O) groups excluding carboxylic acids is 3. The van der Waals surface area contributed by atoms with Crippen LogP contribution in [0.15, 0.2) is 30.3 Å². The van der Waals surface area contributed by atoms with Crippen molar-refractivity contribution in [2.45, 2.75) is 64.0 Å². The van der Waals surface area contributed by atoms with Crippen molar-refractivity contribution in [3.05, 3.63) is 35.9 Å². The van der Waals surface area contributed by atoms with Crippen LogP contribution in [0.2, 0.25) is 0 Å². The fourth-order valence-electron chi connectivity index (χ4n) is 5.76. The summed E-state index contributed by atoms with van der Waals surface area (Å²) in [6.07, 6.45) is 5.80. The van der Waals surface area contributed by atoms with Gasteiger partial charge < -0.3 is 15.1 Å². The Bertz CT molecular complexity index is 781. The minimum atomic E-state index is -0.0548. The average Bonchev–Trinajstić information content (AvgIpc) is 2.74. The van der Waals surface area contributed by atoms with Crippen LogP contribution in [0.25, 0.3) is 0 Å². The molecule has 3 saturated heterocycles. The summed E-state index contributed by atoms with van der Waals surface area (Å²) in [5, 5.41) is 2.77. The van der Waals surface area contributed by atoms with Gasteiger partial charge in [-0.25, -0.2) is 0 Å². The zero-order valence-corrected chi connectivity index (χ0v) is 17.9. The summed E-state index contributed by atoms with van der Waals surface area (Å²) >= 11 is 0. The van der Waals surface area contributed by atoms with E-state index in [2.05, 4.69) is 34.5 Å². The number of likely N-dealkylation sites (tertiary alicyclic amines) is 1. The monoisotopic (exact) mass is 411 g/mol. The molecule has 4 rings (SSSR count). The van der Waals surface area contributed by atoms with E-state index in [0.717, 1.165) is 38.8 Å². The number of rotatable bonds is 6. The molecule has 3 aliphatic heterocycles. The average molecular weight is 412 g/mol. The standard InChI is InChI=1S/C24H33N3O3/c1-17(28)25-12-6-11-23(29)26-15-19-14-20(16-26)22(13-18-7-3-2-4-8-18)27-21(19)9-5-10-24(27)30/h2-4,7-8,19-22H,5-6,9-16H2,1H3,(H,25,28)/t19-,20+,21+,22+/m1/s1. The third-order valence-electron chi connectivity index (χ3n) is 7.08. The first-order valence-corrected chi connectivity index (χ1v) is 11.4. The number of hydrogen-bond acceptors (Lipinski definition) is 3. The lowest BCUT2D eigenvalue weighted by Gasteiger charge is -2.56. The summed E-state index contributed by atoms with van der Waals surface area (Å²) < 4.78 is 0. The molecule has 3 heterocycles. The molecule has 0 aromatic heterocycles. The second-order valence-corrected chi connectivity index (χ2v) is 9.16. The van der Waals surface area contributed by atoms with Gasteiger partial charge in [-0.3, -0.25) is 14.4 Å². The molecule has 1 aromatic carbocycles. The molecule has 0 unspecified atom stereocenters. The van der Waals surface area contributed by atoms with E-state index in [-0.39, 0.29) is 23.9 Å². The highest BCUT2D eigenvalue weighted by atomic mass is 16.2. The van der Waals surface area contributed by atoms with Crippen molar-refractivity contribution in [3.63, 3.8) is 0 Å². The molecular formula is C24H33N3O3. The van der Waals surface area contributed by atoms with Crippen LogP contribution in [0.4, 0.5) is 0 Å². The Morgan fingerprint density at radius 3 is 2.67 bits per heavy atom. The summed E-state index contributed by atoms with van der Waals surface area (Å²) in [7, 11) is 0. The number of nitrogens with zero attached hydrogens (tertiary/aromatic N) is 2. The van der Waals surface area contributed by atoms with Gasteiger partial charge in [0.2, 0.25) is 17.7 Å². The molecule has 3 amide bonds. The van der Waals surface area contributed by atoms with Crippen molar-refractivity contribution in [2.75, 3.05) is 19.6 Å². The molecule has 0 saturated carbocycles. The van der Waals surface area contributed by atoms with Crippen molar-refractivity contribution in [2.24, 2.45) is 11.8 Å². The van der Waals surface area contributed by atoms with Gasteiger partial charge in [0.25, 0.3) is 0 Å². The largest absolute Gasteiger partial charge is 0.356 e. The van der Waals surface area contributed by atoms with E-state index in [9.17, 15) is 14.4 Å². The summed E-state index contributed by atoms with van der Waals surface area (Å²) in [6.45, 7) is 3.55. The van der Waals surface area contributed by atoms with Crippen molar-refractivity contribution < 1.29 is 14.4 Å². The fourth-order valence-corrected chi connectivity index (χ4v) is 5.76. The Hall–Kier alpha value is -2.37. The maximum atomic E-state index is 12.9. The first-order chi connectivity index (χ1) is 14.5. The highest BCUT2D eigenvalue weighted by Gasteiger charge is 2.49. The second kappa shape index (κ2) is 9.19. The minimum absolute atomic E-state index is 0.0548.